The highest BCUT2D eigenvalue weighted by Gasteiger charge is 2.22. The van der Waals surface area contributed by atoms with Crippen LogP contribution < -0.4 is 21.7 Å². The van der Waals surface area contributed by atoms with E-state index in [1.165, 1.54) is 6.20 Å². The molecule has 1 aromatic carbocycles. The monoisotopic (exact) mass is 453 g/mol. The Morgan fingerprint density at radius 1 is 1.25 bits per heavy atom. The standard InChI is InChI=1S/C24H28ClN5O2/c1-15-10-18(16(2)28-8-9-29-23(31)17-4-3-7-27-14-17)12-19(11-15)24(32)30-22-6-5-20(25)13-21(22)26/h3-7,11-14,16,18,28H,8-10,26H2,1-2H3,(H,29,31)(H,30,32). The number of rotatable bonds is 8. The molecule has 168 valence electrons. The number of nitrogens with two attached hydrogens (primary N) is 1. The van der Waals surface area contributed by atoms with Crippen LogP contribution in [0.15, 0.2) is 66.0 Å². The lowest BCUT2D eigenvalue weighted by Gasteiger charge is -2.26. The molecule has 0 spiro atoms. The van der Waals surface area contributed by atoms with Crippen molar-refractivity contribution in [3.63, 3.8) is 0 Å². The zero-order chi connectivity index (χ0) is 23.1. The van der Waals surface area contributed by atoms with Crippen molar-refractivity contribution in [3.8, 4) is 0 Å². The average Bonchev–Trinajstić information content (AvgIpc) is 2.78. The molecule has 0 bridgehead atoms. The molecule has 1 heterocycles. The molecule has 3 rings (SSSR count). The van der Waals surface area contributed by atoms with Crippen LogP contribution in [0.2, 0.25) is 5.02 Å². The molecule has 1 aliphatic carbocycles. The number of halogens is 1. The van der Waals surface area contributed by atoms with Crippen LogP contribution in [0, 0.1) is 5.92 Å². The van der Waals surface area contributed by atoms with Gasteiger partial charge in [0.25, 0.3) is 11.8 Å². The highest BCUT2D eigenvalue weighted by atomic mass is 35.5. The van der Waals surface area contributed by atoms with Crippen molar-refractivity contribution in [1.82, 2.24) is 15.6 Å². The Morgan fingerprint density at radius 2 is 2.06 bits per heavy atom. The van der Waals surface area contributed by atoms with Gasteiger partial charge in [0.05, 0.1) is 16.9 Å². The molecule has 2 aromatic rings. The van der Waals surface area contributed by atoms with Gasteiger partial charge in [0.15, 0.2) is 0 Å². The first-order valence-corrected chi connectivity index (χ1v) is 10.9. The van der Waals surface area contributed by atoms with E-state index in [0.29, 0.717) is 40.6 Å². The van der Waals surface area contributed by atoms with Crippen LogP contribution in [0.5, 0.6) is 0 Å². The molecule has 2 unspecified atom stereocenters. The second kappa shape index (κ2) is 10.9. The maximum absolute atomic E-state index is 12.8. The van der Waals surface area contributed by atoms with Gasteiger partial charge < -0.3 is 21.7 Å². The van der Waals surface area contributed by atoms with Gasteiger partial charge in [-0.1, -0.05) is 29.3 Å². The van der Waals surface area contributed by atoms with E-state index in [4.69, 9.17) is 17.3 Å². The van der Waals surface area contributed by atoms with Gasteiger partial charge in [-0.3, -0.25) is 14.6 Å². The van der Waals surface area contributed by atoms with Crippen molar-refractivity contribution in [2.24, 2.45) is 5.92 Å². The maximum Gasteiger partial charge on any atom is 0.255 e. The Hall–Kier alpha value is -3.16. The Morgan fingerprint density at radius 3 is 2.78 bits per heavy atom. The lowest BCUT2D eigenvalue weighted by Crippen LogP contribution is -2.39. The summed E-state index contributed by atoms with van der Waals surface area (Å²) in [5, 5.41) is 9.69. The highest BCUT2D eigenvalue weighted by molar-refractivity contribution is 6.31. The number of benzene rings is 1. The SMILES string of the molecule is CC1=CC(C(=O)Nc2ccc(Cl)cc2N)=CC(C(C)NCCNC(=O)c2cccnc2)C1. The minimum absolute atomic E-state index is 0.123. The van der Waals surface area contributed by atoms with Crippen molar-refractivity contribution in [1.29, 1.82) is 0 Å². The summed E-state index contributed by atoms with van der Waals surface area (Å²) in [6, 6.07) is 8.57. The van der Waals surface area contributed by atoms with Gasteiger partial charge in [-0.15, -0.1) is 0 Å². The average molecular weight is 454 g/mol. The first-order valence-electron chi connectivity index (χ1n) is 10.5. The summed E-state index contributed by atoms with van der Waals surface area (Å²) in [5.74, 6) is -0.208. The largest absolute Gasteiger partial charge is 0.397 e. The minimum atomic E-state index is -0.209. The van der Waals surface area contributed by atoms with Crippen molar-refractivity contribution in [3.05, 3.63) is 76.6 Å². The lowest BCUT2D eigenvalue weighted by atomic mass is 9.86. The molecule has 7 nitrogen and oxygen atoms in total. The van der Waals surface area contributed by atoms with Crippen LogP contribution in [-0.4, -0.2) is 35.9 Å². The first kappa shape index (κ1) is 23.5. The number of carbonyl (C=O) groups is 2. The van der Waals surface area contributed by atoms with E-state index in [-0.39, 0.29) is 23.8 Å². The minimum Gasteiger partial charge on any atom is -0.397 e. The summed E-state index contributed by atoms with van der Waals surface area (Å²) in [7, 11) is 0. The normalized spacial score (nSPS) is 16.5. The van der Waals surface area contributed by atoms with E-state index in [1.54, 1.807) is 36.5 Å². The van der Waals surface area contributed by atoms with Crippen LogP contribution in [0.4, 0.5) is 11.4 Å². The first-order chi connectivity index (χ1) is 15.3. The van der Waals surface area contributed by atoms with Gasteiger partial charge in [-0.2, -0.15) is 0 Å². The number of allylic oxidation sites excluding steroid dienone is 1. The van der Waals surface area contributed by atoms with Gasteiger partial charge in [-0.05, 0) is 56.5 Å². The van der Waals surface area contributed by atoms with Gasteiger partial charge in [0, 0.05) is 42.1 Å². The van der Waals surface area contributed by atoms with Crippen LogP contribution in [0.1, 0.15) is 30.6 Å². The molecule has 2 amide bonds. The molecule has 0 radical (unpaired) electrons. The molecule has 0 fully saturated rings. The number of amides is 2. The molecular formula is C24H28ClN5O2. The summed E-state index contributed by atoms with van der Waals surface area (Å²) in [4.78, 5) is 28.8. The van der Waals surface area contributed by atoms with Gasteiger partial charge in [0.2, 0.25) is 0 Å². The second-order valence-corrected chi connectivity index (χ2v) is 8.34. The molecule has 1 aliphatic rings. The molecule has 0 saturated carbocycles. The Kier molecular flexibility index (Phi) is 8.03. The van der Waals surface area contributed by atoms with Gasteiger partial charge >= 0.3 is 0 Å². The molecule has 0 saturated heterocycles. The smallest absolute Gasteiger partial charge is 0.255 e. The van der Waals surface area contributed by atoms with Crippen LogP contribution >= 0.6 is 11.6 Å². The maximum atomic E-state index is 12.8. The van der Waals surface area contributed by atoms with Gasteiger partial charge in [0.1, 0.15) is 0 Å². The van der Waals surface area contributed by atoms with E-state index in [1.807, 2.05) is 19.1 Å². The second-order valence-electron chi connectivity index (χ2n) is 7.91. The van der Waals surface area contributed by atoms with Crippen molar-refractivity contribution < 1.29 is 9.59 Å². The van der Waals surface area contributed by atoms with Crippen molar-refractivity contribution in [2.75, 3.05) is 24.1 Å². The molecule has 32 heavy (non-hydrogen) atoms. The molecule has 8 heteroatoms. The van der Waals surface area contributed by atoms with Crippen LogP contribution in [0.3, 0.4) is 0 Å². The van der Waals surface area contributed by atoms with E-state index >= 15 is 0 Å². The number of nitrogens with one attached hydrogen (secondary N) is 3. The number of anilines is 2. The summed E-state index contributed by atoms with van der Waals surface area (Å²) in [6.45, 7) is 5.20. The fourth-order valence-electron chi connectivity index (χ4n) is 3.56. The number of hydrogen-bond acceptors (Lipinski definition) is 5. The third kappa shape index (κ3) is 6.42. The van der Waals surface area contributed by atoms with E-state index in [9.17, 15) is 9.59 Å². The van der Waals surface area contributed by atoms with Crippen molar-refractivity contribution in [2.45, 2.75) is 26.3 Å². The van der Waals surface area contributed by atoms with Crippen LogP contribution in [-0.2, 0) is 4.79 Å². The predicted octanol–water partition coefficient (Wildman–Crippen LogP) is 3.56. The number of nitrogens with zero attached hydrogens (tertiary/aromatic N) is 1. The molecule has 2 atom stereocenters. The third-order valence-electron chi connectivity index (χ3n) is 5.32. The number of pyridine rings is 1. The predicted molar refractivity (Wildman–Crippen MR) is 128 cm³/mol. The van der Waals surface area contributed by atoms with Gasteiger partial charge in [-0.25, -0.2) is 0 Å². The Bertz CT molecular complexity index is 1040. The van der Waals surface area contributed by atoms with E-state index in [0.717, 1.165) is 12.0 Å². The van der Waals surface area contributed by atoms with Crippen molar-refractivity contribution >= 4 is 34.8 Å². The molecule has 1 aromatic heterocycles. The molecule has 5 N–H and O–H groups in total. The summed E-state index contributed by atoms with van der Waals surface area (Å²) in [6.07, 6.45) is 7.92. The van der Waals surface area contributed by atoms with Crippen LogP contribution in [0.25, 0.3) is 0 Å². The molecule has 0 aliphatic heterocycles. The lowest BCUT2D eigenvalue weighted by molar-refractivity contribution is -0.112. The zero-order valence-electron chi connectivity index (χ0n) is 18.2. The van der Waals surface area contributed by atoms with E-state index < -0.39 is 0 Å². The fourth-order valence-corrected chi connectivity index (χ4v) is 3.75. The quantitative estimate of drug-likeness (QED) is 0.361. The number of nitrogen functional groups attached to an aromatic ring is 1. The Balaban J connectivity index is 1.53. The molecular weight excluding hydrogens is 426 g/mol. The highest BCUT2D eigenvalue weighted by Crippen LogP contribution is 2.27. The number of aromatic nitrogens is 1. The number of carbonyl (C=O) groups excluding carboxylic acids is 2. The third-order valence-corrected chi connectivity index (χ3v) is 5.56. The van der Waals surface area contributed by atoms with E-state index in [2.05, 4.69) is 27.9 Å². The topological polar surface area (TPSA) is 109 Å². The fraction of sp³-hybridized carbons (Fsp3) is 0.292. The zero-order valence-corrected chi connectivity index (χ0v) is 18.9. The Labute approximate surface area is 193 Å². The summed E-state index contributed by atoms with van der Waals surface area (Å²) < 4.78 is 0. The summed E-state index contributed by atoms with van der Waals surface area (Å²) >= 11 is 5.93. The number of hydrogen-bond donors (Lipinski definition) is 4. The summed E-state index contributed by atoms with van der Waals surface area (Å²) in [5.41, 5.74) is 9.17.